The monoisotopic (exact) mass is 1110 g/mol. The van der Waals surface area contributed by atoms with E-state index in [4.69, 9.17) is 52.1 Å². The molecule has 0 aromatic carbocycles. The topological polar surface area (TPSA) is 533 Å². The quantitative estimate of drug-likeness (QED) is 0.0571. The summed E-state index contributed by atoms with van der Waals surface area (Å²) < 4.78 is 62.9. The van der Waals surface area contributed by atoms with Crippen LogP contribution in [0.25, 0.3) is 0 Å². The van der Waals surface area contributed by atoms with Gasteiger partial charge in [-0.25, -0.2) is 0 Å². The predicted molar refractivity (Wildman–Crippen MR) is 234 cm³/mol. The van der Waals surface area contributed by atoms with Gasteiger partial charge in [0.2, 0.25) is 17.7 Å². The number of nitrogens with one attached hydrogen (secondary N) is 3. The van der Waals surface area contributed by atoms with Gasteiger partial charge < -0.3 is 155 Å². The number of carbonyl (C=O) groups is 3. The number of carbonyl (C=O) groups excluding carboxylic acids is 3. The Bertz CT molecular complexity index is 1860. The fraction of sp³-hybridized carbons (Fsp3) is 0.929. The molecule has 0 bridgehead atoms. The summed E-state index contributed by atoms with van der Waals surface area (Å²) in [7, 11) is 0. The normalized spacial score (nSPS) is 48.2. The number of aliphatic hydroxyl groups is 17. The number of ether oxygens (including phenoxy) is 11. The Morgan fingerprint density at radius 3 is 0.895 bits per heavy atom. The second kappa shape index (κ2) is 27.2. The van der Waals surface area contributed by atoms with Crippen LogP contribution in [0.15, 0.2) is 0 Å². The molecule has 6 heterocycles. The zero-order chi connectivity index (χ0) is 56.2. The molecule has 6 aliphatic heterocycles. The van der Waals surface area contributed by atoms with Crippen LogP contribution >= 0.6 is 0 Å². The Morgan fingerprint density at radius 1 is 0.316 bits per heavy atom. The number of hydrogen-bond acceptors (Lipinski definition) is 31. The molecule has 0 aromatic rings. The molecule has 30 atom stereocenters. The smallest absolute Gasteiger partial charge is 0.217 e. The maximum atomic E-state index is 12.5. The number of hydrogen-bond donors (Lipinski definition) is 20. The van der Waals surface area contributed by atoms with Crippen LogP contribution in [0.3, 0.4) is 0 Å². The van der Waals surface area contributed by atoms with Crippen molar-refractivity contribution < 1.29 is 153 Å². The van der Waals surface area contributed by atoms with Gasteiger partial charge in [0.15, 0.2) is 37.7 Å². The fourth-order valence-electron chi connectivity index (χ4n) is 9.74. The van der Waals surface area contributed by atoms with E-state index >= 15 is 0 Å². The molecule has 0 saturated carbocycles. The van der Waals surface area contributed by atoms with Crippen LogP contribution in [0.1, 0.15) is 20.8 Å². The van der Waals surface area contributed by atoms with Gasteiger partial charge in [-0.15, -0.1) is 0 Å². The van der Waals surface area contributed by atoms with Crippen LogP contribution in [-0.4, -0.2) is 328 Å². The Kier molecular flexibility index (Phi) is 22.3. The predicted octanol–water partition coefficient (Wildman–Crippen LogP) is -13.7. The molecule has 6 aliphatic rings. The second-order valence-electron chi connectivity index (χ2n) is 19.0. The van der Waals surface area contributed by atoms with E-state index in [-0.39, 0.29) is 0 Å². The van der Waals surface area contributed by atoms with Crippen molar-refractivity contribution in [2.75, 3.05) is 39.6 Å². The van der Waals surface area contributed by atoms with E-state index in [0.717, 1.165) is 20.8 Å². The molecule has 3 amide bonds. The van der Waals surface area contributed by atoms with Crippen LogP contribution in [0.2, 0.25) is 0 Å². The molecule has 6 rings (SSSR count). The molecular weight excluding hydrogens is 1040 g/mol. The minimum Gasteiger partial charge on any atom is -0.394 e. The van der Waals surface area contributed by atoms with Crippen LogP contribution in [0, 0.1) is 0 Å². The zero-order valence-corrected chi connectivity index (χ0v) is 40.9. The first-order valence-corrected chi connectivity index (χ1v) is 24.1. The summed E-state index contributed by atoms with van der Waals surface area (Å²) >= 11 is 0. The third kappa shape index (κ3) is 13.5. The summed E-state index contributed by atoms with van der Waals surface area (Å²) in [5.74, 6) is -2.34. The molecule has 0 radical (unpaired) electrons. The standard InChI is InChI=1S/C42H71N3O31/c1-10(52)43-19-23(56)32(14(5-47)66-37(19)65)74-41-30(63)27(60)35(17(8-50)70-41)72-39-21(45-12(3)54)25(58)34(16(7-49)69-39)76-42-31(64)28(61)36(18(9-51)71-42)73-38-20(44-11(2)53)24(57)33(15(6-48)68-38)75-40-29(62)26(59)22(55)13(4-46)67-40/h13-42,46-51,55-65H,4-9H2,1-3H3,(H,43,52)(H,44,53)(H,45,54)/t13-,14-,15-,16-,17-,18-,19-,20-,21-,22+,23-,24-,25-,26+,27-,28-,29-,30-,31-,32-,33-,34-,35+,36+,37-,38+,39+,40+,41+,42+/m1/s1. The largest absolute Gasteiger partial charge is 0.394 e. The van der Waals surface area contributed by atoms with Gasteiger partial charge in [0, 0.05) is 20.8 Å². The van der Waals surface area contributed by atoms with Crippen molar-refractivity contribution in [1.82, 2.24) is 16.0 Å². The molecule has 20 N–H and O–H groups in total. The lowest BCUT2D eigenvalue weighted by atomic mass is 9.94. The first kappa shape index (κ1) is 62.5. The maximum Gasteiger partial charge on any atom is 0.217 e. The molecule has 0 unspecified atom stereocenters. The highest BCUT2D eigenvalue weighted by Crippen LogP contribution is 2.37. The number of aliphatic hydroxyl groups excluding tert-OH is 17. The third-order valence-electron chi connectivity index (χ3n) is 13.6. The molecule has 0 aromatic heterocycles. The molecule has 34 nitrogen and oxygen atoms in total. The highest BCUT2D eigenvalue weighted by molar-refractivity contribution is 5.74. The minimum atomic E-state index is -2.21. The van der Waals surface area contributed by atoms with Gasteiger partial charge in [-0.1, -0.05) is 0 Å². The van der Waals surface area contributed by atoms with Crippen molar-refractivity contribution in [2.24, 2.45) is 0 Å². The summed E-state index contributed by atoms with van der Waals surface area (Å²) in [5, 5.41) is 189. The van der Waals surface area contributed by atoms with Gasteiger partial charge in [-0.2, -0.15) is 0 Å². The first-order chi connectivity index (χ1) is 35.9. The fourth-order valence-corrected chi connectivity index (χ4v) is 9.74. The van der Waals surface area contributed by atoms with E-state index in [0.29, 0.717) is 0 Å². The van der Waals surface area contributed by atoms with Crippen molar-refractivity contribution in [3.05, 3.63) is 0 Å². The lowest BCUT2D eigenvalue weighted by Gasteiger charge is -2.50. The first-order valence-electron chi connectivity index (χ1n) is 24.1. The molecule has 34 heteroatoms. The van der Waals surface area contributed by atoms with Crippen LogP contribution in [0.4, 0.5) is 0 Å². The number of rotatable bonds is 19. The highest BCUT2D eigenvalue weighted by Gasteiger charge is 2.58. The van der Waals surface area contributed by atoms with Crippen molar-refractivity contribution in [3.63, 3.8) is 0 Å². The summed E-state index contributed by atoms with van der Waals surface area (Å²) in [5.41, 5.74) is 0. The molecule has 0 aliphatic carbocycles. The van der Waals surface area contributed by atoms with Crippen molar-refractivity contribution >= 4 is 17.7 Å². The second-order valence-corrected chi connectivity index (χ2v) is 19.0. The lowest BCUT2D eigenvalue weighted by Crippen LogP contribution is -2.70. The Morgan fingerprint density at radius 2 is 0.566 bits per heavy atom. The Hall–Kier alpha value is -2.71. The van der Waals surface area contributed by atoms with E-state index in [9.17, 15) is 101 Å². The van der Waals surface area contributed by atoms with E-state index in [1.54, 1.807) is 0 Å². The molecule has 6 saturated heterocycles. The van der Waals surface area contributed by atoms with Crippen molar-refractivity contribution in [3.8, 4) is 0 Å². The maximum absolute atomic E-state index is 12.5. The minimum absolute atomic E-state index is 0.697. The van der Waals surface area contributed by atoms with Crippen molar-refractivity contribution in [1.29, 1.82) is 0 Å². The van der Waals surface area contributed by atoms with Gasteiger partial charge in [0.05, 0.1) is 39.6 Å². The van der Waals surface area contributed by atoms with E-state index in [2.05, 4.69) is 16.0 Å². The third-order valence-corrected chi connectivity index (χ3v) is 13.6. The molecular formula is C42H71N3O31. The van der Waals surface area contributed by atoms with Gasteiger partial charge in [0.25, 0.3) is 0 Å². The average Bonchev–Trinajstić information content (AvgIpc) is 3.38. The van der Waals surface area contributed by atoms with Gasteiger partial charge >= 0.3 is 0 Å². The van der Waals surface area contributed by atoms with Crippen LogP contribution in [0.5, 0.6) is 0 Å². The molecule has 440 valence electrons. The van der Waals surface area contributed by atoms with Crippen molar-refractivity contribution in [2.45, 2.75) is 205 Å². The summed E-state index contributed by atoms with van der Waals surface area (Å²) in [6, 6.07) is -4.94. The van der Waals surface area contributed by atoms with E-state index in [1.807, 2.05) is 0 Å². The van der Waals surface area contributed by atoms with E-state index in [1.165, 1.54) is 0 Å². The Balaban J connectivity index is 1.15. The van der Waals surface area contributed by atoms with Gasteiger partial charge in [0.1, 0.15) is 146 Å². The SMILES string of the molecule is CC(=O)N[C@@H]1[C@@H](O)[C@H](O[C@@H]2O[C@H](CO)[C@H](O[C@@H]3O[C@H](CO)[C@@H](O[C@@H]4O[C@H](CO)[C@H](O[C@@H]5O[C@H](CO)[C@@H](O[C@@H]6O[C@H](CO)[C@H](O)[C@H](O)[C@H]6O)[C@H](O)[C@H]5NC(C)=O)[C@H](O)[C@H]4O)[C@H](O)[C@H]3NC(C)=O)[C@H](O)[C@H]2O)[C@@H](CO)O[C@H]1O. The summed E-state index contributed by atoms with van der Waals surface area (Å²) in [4.78, 5) is 36.7. The van der Waals surface area contributed by atoms with Gasteiger partial charge in [-0.05, 0) is 0 Å². The Labute approximate surface area is 431 Å². The van der Waals surface area contributed by atoms with Crippen LogP contribution in [-0.2, 0) is 66.5 Å². The zero-order valence-electron chi connectivity index (χ0n) is 40.9. The lowest BCUT2D eigenvalue weighted by molar-refractivity contribution is -0.384. The van der Waals surface area contributed by atoms with Gasteiger partial charge in [-0.3, -0.25) is 14.4 Å². The molecule has 0 spiro atoms. The highest BCUT2D eigenvalue weighted by atomic mass is 16.8. The molecule has 6 fully saturated rings. The number of amides is 3. The molecule has 76 heavy (non-hydrogen) atoms. The average molecular weight is 1110 g/mol. The summed E-state index contributed by atoms with van der Waals surface area (Å²) in [6.45, 7) is -2.64. The van der Waals surface area contributed by atoms with Crippen LogP contribution < -0.4 is 16.0 Å². The summed E-state index contributed by atoms with van der Waals surface area (Å²) in [6.07, 6.45) is -50.1. The van der Waals surface area contributed by atoms with E-state index < -0.39 is 241 Å².